The van der Waals surface area contributed by atoms with Gasteiger partial charge in [-0.3, -0.25) is 9.79 Å². The van der Waals surface area contributed by atoms with Crippen LogP contribution in [0.15, 0.2) is 23.3 Å². The molecule has 3 heterocycles. The Morgan fingerprint density at radius 3 is 2.76 bits per heavy atom. The SMILES string of the molecule is CCN1Cc2c(N3CCCc4cc(C(C=NC)=CN)c(C(F)F)cc43)nc(C3CC3)n2CC1=O. The molecule has 2 aliphatic heterocycles. The van der Waals surface area contributed by atoms with Crippen LogP contribution >= 0.6 is 0 Å². The van der Waals surface area contributed by atoms with Crippen molar-refractivity contribution < 1.29 is 13.6 Å². The monoisotopic (exact) mass is 468 g/mol. The normalized spacial score (nSPS) is 18.7. The zero-order valence-corrected chi connectivity index (χ0v) is 19.6. The molecular formula is C25H30F2N6O. The lowest BCUT2D eigenvalue weighted by atomic mass is 9.92. The third-order valence-electron chi connectivity index (χ3n) is 7.01. The molecule has 1 aliphatic carbocycles. The topological polar surface area (TPSA) is 79.8 Å². The van der Waals surface area contributed by atoms with Gasteiger partial charge in [-0.1, -0.05) is 0 Å². The number of nitrogens with zero attached hydrogens (tertiary/aromatic N) is 5. The average Bonchev–Trinajstić information content (AvgIpc) is 3.62. The van der Waals surface area contributed by atoms with E-state index in [1.807, 2.05) is 17.9 Å². The van der Waals surface area contributed by atoms with E-state index in [1.165, 1.54) is 12.4 Å². The Balaban J connectivity index is 1.64. The number of allylic oxidation sites excluding steroid dienone is 1. The van der Waals surface area contributed by atoms with E-state index in [-0.39, 0.29) is 11.5 Å². The van der Waals surface area contributed by atoms with E-state index in [9.17, 15) is 13.6 Å². The second-order valence-electron chi connectivity index (χ2n) is 9.14. The first-order chi connectivity index (χ1) is 16.5. The number of halogens is 2. The Morgan fingerprint density at radius 1 is 1.32 bits per heavy atom. The molecule has 0 atom stereocenters. The molecule has 0 radical (unpaired) electrons. The number of carbonyl (C=O) groups excluding carboxylic acids is 1. The molecule has 0 unspecified atom stereocenters. The van der Waals surface area contributed by atoms with Gasteiger partial charge in [-0.25, -0.2) is 13.8 Å². The second-order valence-corrected chi connectivity index (χ2v) is 9.14. The Bertz CT molecular complexity index is 1180. The first-order valence-corrected chi connectivity index (χ1v) is 11.9. The van der Waals surface area contributed by atoms with E-state index < -0.39 is 6.43 Å². The number of likely N-dealkylation sites (N-methyl/N-ethyl adjacent to an activating group) is 1. The van der Waals surface area contributed by atoms with Gasteiger partial charge < -0.3 is 20.1 Å². The summed E-state index contributed by atoms with van der Waals surface area (Å²) < 4.78 is 30.5. The number of aryl methyl sites for hydroxylation is 1. The molecule has 5 rings (SSSR count). The van der Waals surface area contributed by atoms with Gasteiger partial charge in [0.25, 0.3) is 6.43 Å². The molecule has 7 nitrogen and oxygen atoms in total. The number of hydrogen-bond acceptors (Lipinski definition) is 5. The highest BCUT2D eigenvalue weighted by molar-refractivity contribution is 6.10. The van der Waals surface area contributed by atoms with Crippen molar-refractivity contribution in [1.29, 1.82) is 0 Å². The number of carbonyl (C=O) groups is 1. The largest absolute Gasteiger partial charge is 0.404 e. The lowest BCUT2D eigenvalue weighted by Crippen LogP contribution is -2.39. The summed E-state index contributed by atoms with van der Waals surface area (Å²) in [6.07, 6.45) is 3.99. The van der Waals surface area contributed by atoms with Crippen LogP contribution in [-0.4, -0.2) is 46.7 Å². The van der Waals surface area contributed by atoms with Crippen molar-refractivity contribution in [3.63, 3.8) is 0 Å². The number of amides is 1. The van der Waals surface area contributed by atoms with Crippen molar-refractivity contribution >= 4 is 29.2 Å². The molecule has 1 aromatic carbocycles. The Kier molecular flexibility index (Phi) is 5.87. The van der Waals surface area contributed by atoms with Gasteiger partial charge >= 0.3 is 0 Å². The number of aliphatic imine (C=N–C) groups is 1. The first kappa shape index (κ1) is 22.6. The molecular weight excluding hydrogens is 438 g/mol. The van der Waals surface area contributed by atoms with E-state index in [0.29, 0.717) is 43.2 Å². The van der Waals surface area contributed by atoms with Gasteiger partial charge in [-0.05, 0) is 55.9 Å². The summed E-state index contributed by atoms with van der Waals surface area (Å²) in [5.74, 6) is 2.23. The van der Waals surface area contributed by atoms with Crippen LogP contribution in [0.2, 0.25) is 0 Å². The van der Waals surface area contributed by atoms with Crippen molar-refractivity contribution in [1.82, 2.24) is 14.5 Å². The molecule has 2 N–H and O–H groups in total. The van der Waals surface area contributed by atoms with Crippen molar-refractivity contribution in [2.45, 2.75) is 58.0 Å². The number of anilines is 2. The number of imidazole rings is 1. The number of hydrogen-bond donors (Lipinski definition) is 1. The number of nitrogens with two attached hydrogens (primary N) is 1. The predicted molar refractivity (Wildman–Crippen MR) is 129 cm³/mol. The minimum absolute atomic E-state index is 0.0666. The summed E-state index contributed by atoms with van der Waals surface area (Å²) >= 11 is 0. The highest BCUT2D eigenvalue weighted by Crippen LogP contribution is 2.45. The second kappa shape index (κ2) is 8.85. The molecule has 0 bridgehead atoms. The fourth-order valence-electron chi connectivity index (χ4n) is 5.13. The van der Waals surface area contributed by atoms with Crippen LogP contribution < -0.4 is 10.6 Å². The first-order valence-electron chi connectivity index (χ1n) is 11.9. The molecule has 0 saturated heterocycles. The number of alkyl halides is 2. The van der Waals surface area contributed by atoms with E-state index >= 15 is 0 Å². The molecule has 3 aliphatic rings. The van der Waals surface area contributed by atoms with Crippen LogP contribution in [0.1, 0.15) is 66.7 Å². The highest BCUT2D eigenvalue weighted by Gasteiger charge is 2.37. The van der Waals surface area contributed by atoms with Crippen molar-refractivity contribution in [3.8, 4) is 0 Å². The lowest BCUT2D eigenvalue weighted by Gasteiger charge is -2.34. The van der Waals surface area contributed by atoms with Crippen LogP contribution in [-0.2, 0) is 24.3 Å². The number of fused-ring (bicyclic) bond motifs is 2. The Morgan fingerprint density at radius 2 is 2.12 bits per heavy atom. The maximum atomic E-state index is 14.2. The summed E-state index contributed by atoms with van der Waals surface area (Å²) in [5.41, 5.74) is 9.33. The van der Waals surface area contributed by atoms with Gasteiger partial charge in [0.2, 0.25) is 5.91 Å². The van der Waals surface area contributed by atoms with Crippen LogP contribution in [0.4, 0.5) is 20.3 Å². The minimum atomic E-state index is -2.66. The summed E-state index contributed by atoms with van der Waals surface area (Å²) in [4.78, 5) is 25.5. The molecule has 1 amide bonds. The maximum Gasteiger partial charge on any atom is 0.264 e. The lowest BCUT2D eigenvalue weighted by molar-refractivity contribution is -0.133. The number of benzene rings is 1. The molecule has 0 spiro atoms. The van der Waals surface area contributed by atoms with E-state index in [0.717, 1.165) is 54.3 Å². The quantitative estimate of drug-likeness (QED) is 0.646. The van der Waals surface area contributed by atoms with E-state index in [2.05, 4.69) is 14.5 Å². The zero-order valence-electron chi connectivity index (χ0n) is 19.6. The molecule has 1 aromatic heterocycles. The van der Waals surface area contributed by atoms with E-state index in [1.54, 1.807) is 13.1 Å². The van der Waals surface area contributed by atoms with Gasteiger partial charge in [0.1, 0.15) is 12.4 Å². The van der Waals surface area contributed by atoms with Crippen molar-refractivity contribution in [3.05, 3.63) is 46.5 Å². The van der Waals surface area contributed by atoms with Gasteiger partial charge in [-0.15, -0.1) is 0 Å². The molecule has 1 saturated carbocycles. The van der Waals surface area contributed by atoms with Crippen LogP contribution in [0, 0.1) is 0 Å². The van der Waals surface area contributed by atoms with Crippen LogP contribution in [0.5, 0.6) is 0 Å². The third kappa shape index (κ3) is 3.76. The Labute approximate surface area is 198 Å². The van der Waals surface area contributed by atoms with Crippen LogP contribution in [0.3, 0.4) is 0 Å². The average molecular weight is 469 g/mol. The van der Waals surface area contributed by atoms with Gasteiger partial charge in [-0.2, -0.15) is 0 Å². The molecule has 180 valence electrons. The summed E-state index contributed by atoms with van der Waals surface area (Å²) in [7, 11) is 1.59. The smallest absolute Gasteiger partial charge is 0.264 e. The summed E-state index contributed by atoms with van der Waals surface area (Å²) in [6.45, 7) is 4.08. The fourth-order valence-corrected chi connectivity index (χ4v) is 5.13. The van der Waals surface area contributed by atoms with Gasteiger partial charge in [0.15, 0.2) is 5.82 Å². The van der Waals surface area contributed by atoms with Crippen LogP contribution in [0.25, 0.3) is 5.57 Å². The minimum Gasteiger partial charge on any atom is -0.404 e. The van der Waals surface area contributed by atoms with Crippen molar-refractivity contribution in [2.24, 2.45) is 10.7 Å². The highest BCUT2D eigenvalue weighted by atomic mass is 19.3. The van der Waals surface area contributed by atoms with E-state index in [4.69, 9.17) is 10.7 Å². The summed E-state index contributed by atoms with van der Waals surface area (Å²) in [5, 5.41) is 0. The van der Waals surface area contributed by atoms with Gasteiger partial charge in [0, 0.05) is 55.3 Å². The summed E-state index contributed by atoms with van der Waals surface area (Å²) in [6, 6.07) is 3.42. The number of rotatable bonds is 6. The van der Waals surface area contributed by atoms with Gasteiger partial charge in [0.05, 0.1) is 12.2 Å². The molecule has 2 aromatic rings. The standard InChI is InChI=1S/C25H30F2N6O/c1-3-31-13-21-25(30-24(15-6-7-15)33(21)14-22(31)34)32-8-4-5-16-9-18(17(11-28)12-29-2)19(23(26)27)10-20(16)32/h9-12,15,23H,3-8,13-14,28H2,1-2H3. The number of aromatic nitrogens is 2. The predicted octanol–water partition coefficient (Wildman–Crippen LogP) is 4.14. The third-order valence-corrected chi connectivity index (χ3v) is 7.01. The zero-order chi connectivity index (χ0) is 24.0. The molecule has 9 heteroatoms. The fraction of sp³-hybridized carbons (Fsp3) is 0.480. The molecule has 1 fully saturated rings. The maximum absolute atomic E-state index is 14.2. The van der Waals surface area contributed by atoms with Crippen molar-refractivity contribution in [2.75, 3.05) is 25.0 Å². The molecule has 34 heavy (non-hydrogen) atoms. The Hall–Kier alpha value is -3.23.